The zero-order valence-electron chi connectivity index (χ0n) is 10.1. The molecule has 17 heavy (non-hydrogen) atoms. The summed E-state index contributed by atoms with van der Waals surface area (Å²) in [7, 11) is -3.15. The molecule has 1 aromatic rings. The largest absolute Gasteiger partial charge is 0.330 e. The third kappa shape index (κ3) is 2.87. The van der Waals surface area contributed by atoms with Crippen molar-refractivity contribution in [2.24, 2.45) is 11.1 Å². The van der Waals surface area contributed by atoms with Crippen molar-refractivity contribution in [2.45, 2.75) is 31.1 Å². The normalized spacial score (nSPS) is 18.0. The highest BCUT2D eigenvalue weighted by molar-refractivity contribution is 7.91. The Bertz CT molecular complexity index is 487. The number of aryl methyl sites for hydroxylation is 1. The Hall–Kier alpha value is -0.870. The van der Waals surface area contributed by atoms with Crippen molar-refractivity contribution in [1.82, 2.24) is 0 Å². The summed E-state index contributed by atoms with van der Waals surface area (Å²) in [4.78, 5) is 0.436. The Morgan fingerprint density at radius 3 is 2.29 bits per heavy atom. The van der Waals surface area contributed by atoms with Gasteiger partial charge in [0.1, 0.15) is 0 Å². The molecule has 0 spiro atoms. The molecule has 1 fully saturated rings. The molecule has 0 amide bonds. The van der Waals surface area contributed by atoms with E-state index in [1.165, 1.54) is 0 Å². The van der Waals surface area contributed by atoms with Crippen molar-refractivity contribution in [3.05, 3.63) is 29.8 Å². The number of rotatable bonds is 5. The topological polar surface area (TPSA) is 60.2 Å². The molecule has 94 valence electrons. The molecule has 0 bridgehead atoms. The monoisotopic (exact) mass is 253 g/mol. The van der Waals surface area contributed by atoms with Crippen LogP contribution >= 0.6 is 0 Å². The smallest absolute Gasteiger partial charge is 0.178 e. The van der Waals surface area contributed by atoms with E-state index in [-0.39, 0.29) is 11.2 Å². The SMILES string of the molecule is Cc1ccc(S(=O)(=O)CC2(CCN)CC2)cc1. The minimum absolute atomic E-state index is 0.0293. The van der Waals surface area contributed by atoms with Crippen LogP contribution in [0.1, 0.15) is 24.8 Å². The minimum atomic E-state index is -3.15. The molecule has 0 unspecified atom stereocenters. The molecule has 1 aromatic carbocycles. The number of benzene rings is 1. The molecule has 0 atom stereocenters. The molecule has 2 rings (SSSR count). The van der Waals surface area contributed by atoms with Gasteiger partial charge < -0.3 is 5.73 Å². The van der Waals surface area contributed by atoms with Gasteiger partial charge in [-0.2, -0.15) is 0 Å². The van der Waals surface area contributed by atoms with Crippen molar-refractivity contribution in [3.63, 3.8) is 0 Å². The van der Waals surface area contributed by atoms with Crippen LogP contribution in [0.4, 0.5) is 0 Å². The van der Waals surface area contributed by atoms with Gasteiger partial charge in [-0.25, -0.2) is 8.42 Å². The summed E-state index contributed by atoms with van der Waals surface area (Å²) in [6.07, 6.45) is 2.81. The molecule has 2 N–H and O–H groups in total. The van der Waals surface area contributed by atoms with Gasteiger partial charge in [-0.3, -0.25) is 0 Å². The van der Waals surface area contributed by atoms with Crippen molar-refractivity contribution in [1.29, 1.82) is 0 Å². The van der Waals surface area contributed by atoms with Gasteiger partial charge in [-0.15, -0.1) is 0 Å². The van der Waals surface area contributed by atoms with Crippen LogP contribution in [0.25, 0.3) is 0 Å². The molecule has 1 aliphatic carbocycles. The van der Waals surface area contributed by atoms with E-state index < -0.39 is 9.84 Å². The lowest BCUT2D eigenvalue weighted by atomic mass is 10.1. The first-order chi connectivity index (χ1) is 7.97. The van der Waals surface area contributed by atoms with E-state index in [0.717, 1.165) is 24.8 Å². The van der Waals surface area contributed by atoms with E-state index in [2.05, 4.69) is 0 Å². The van der Waals surface area contributed by atoms with Gasteiger partial charge in [0.25, 0.3) is 0 Å². The maximum atomic E-state index is 12.2. The second-order valence-electron chi connectivity index (χ2n) is 5.11. The van der Waals surface area contributed by atoms with E-state index in [0.29, 0.717) is 11.4 Å². The van der Waals surface area contributed by atoms with Gasteiger partial charge in [0.15, 0.2) is 9.84 Å². The second-order valence-corrected chi connectivity index (χ2v) is 7.10. The highest BCUT2D eigenvalue weighted by Gasteiger charge is 2.45. The molecule has 1 aliphatic rings. The molecule has 0 radical (unpaired) electrons. The molecule has 1 saturated carbocycles. The summed E-state index contributed by atoms with van der Waals surface area (Å²) in [5, 5.41) is 0. The minimum Gasteiger partial charge on any atom is -0.330 e. The lowest BCUT2D eigenvalue weighted by molar-refractivity contribution is 0.510. The second kappa shape index (κ2) is 4.42. The quantitative estimate of drug-likeness (QED) is 0.872. The van der Waals surface area contributed by atoms with Crippen molar-refractivity contribution >= 4 is 9.84 Å². The number of sulfone groups is 1. The van der Waals surface area contributed by atoms with Crippen LogP contribution in [0.5, 0.6) is 0 Å². The first-order valence-electron chi connectivity index (χ1n) is 5.97. The van der Waals surface area contributed by atoms with Gasteiger partial charge in [-0.1, -0.05) is 17.7 Å². The summed E-state index contributed by atoms with van der Waals surface area (Å²) in [5.74, 6) is 0.250. The number of hydrogen-bond acceptors (Lipinski definition) is 3. The van der Waals surface area contributed by atoms with E-state index in [1.54, 1.807) is 12.1 Å². The number of hydrogen-bond donors (Lipinski definition) is 1. The summed E-state index contributed by atoms with van der Waals surface area (Å²) < 4.78 is 24.5. The molecule has 3 nitrogen and oxygen atoms in total. The first-order valence-corrected chi connectivity index (χ1v) is 7.62. The fourth-order valence-electron chi connectivity index (χ4n) is 2.18. The summed E-state index contributed by atoms with van der Waals surface area (Å²) in [6, 6.07) is 7.08. The fourth-order valence-corrected chi connectivity index (χ4v) is 4.14. The van der Waals surface area contributed by atoms with Crippen LogP contribution in [-0.4, -0.2) is 20.7 Å². The highest BCUT2D eigenvalue weighted by Crippen LogP contribution is 2.50. The standard InChI is InChI=1S/C13H19NO2S/c1-11-2-4-12(5-3-11)17(15,16)10-13(6-7-13)8-9-14/h2-5H,6-10,14H2,1H3. The lowest BCUT2D eigenvalue weighted by Crippen LogP contribution is -2.20. The van der Waals surface area contributed by atoms with Gasteiger partial charge >= 0.3 is 0 Å². The molecule has 0 aromatic heterocycles. The number of nitrogens with two attached hydrogens (primary N) is 1. The molecular weight excluding hydrogens is 234 g/mol. The Morgan fingerprint density at radius 2 is 1.82 bits per heavy atom. The van der Waals surface area contributed by atoms with E-state index in [4.69, 9.17) is 5.73 Å². The van der Waals surface area contributed by atoms with E-state index >= 15 is 0 Å². The van der Waals surface area contributed by atoms with Crippen molar-refractivity contribution in [3.8, 4) is 0 Å². The van der Waals surface area contributed by atoms with Crippen molar-refractivity contribution in [2.75, 3.05) is 12.3 Å². The molecular formula is C13H19NO2S. The van der Waals surface area contributed by atoms with E-state index in [9.17, 15) is 8.42 Å². The maximum absolute atomic E-state index is 12.2. The summed E-state index contributed by atoms with van der Waals surface area (Å²) in [6.45, 7) is 2.52. The van der Waals surface area contributed by atoms with Crippen LogP contribution in [0, 0.1) is 12.3 Å². The Morgan fingerprint density at radius 1 is 1.24 bits per heavy atom. The third-order valence-electron chi connectivity index (χ3n) is 3.51. The third-order valence-corrected chi connectivity index (χ3v) is 5.49. The van der Waals surface area contributed by atoms with Crippen LogP contribution in [0.15, 0.2) is 29.2 Å². The van der Waals surface area contributed by atoms with Crippen LogP contribution < -0.4 is 5.73 Å². The maximum Gasteiger partial charge on any atom is 0.178 e. The van der Waals surface area contributed by atoms with Crippen LogP contribution in [-0.2, 0) is 9.84 Å². The van der Waals surface area contributed by atoms with Crippen LogP contribution in [0.2, 0.25) is 0 Å². The van der Waals surface area contributed by atoms with E-state index in [1.807, 2.05) is 19.1 Å². The van der Waals surface area contributed by atoms with Gasteiger partial charge in [-0.05, 0) is 50.3 Å². The van der Waals surface area contributed by atoms with Gasteiger partial charge in [0.05, 0.1) is 10.6 Å². The lowest BCUT2D eigenvalue weighted by Gasteiger charge is -2.14. The first kappa shape index (κ1) is 12.6. The average molecular weight is 253 g/mol. The van der Waals surface area contributed by atoms with Crippen LogP contribution in [0.3, 0.4) is 0 Å². The Kier molecular flexibility index (Phi) is 3.27. The molecule has 0 heterocycles. The predicted octanol–water partition coefficient (Wildman–Crippen LogP) is 1.90. The summed E-state index contributed by atoms with van der Waals surface area (Å²) >= 11 is 0. The summed E-state index contributed by atoms with van der Waals surface area (Å²) in [5.41, 5.74) is 6.58. The highest BCUT2D eigenvalue weighted by atomic mass is 32.2. The van der Waals surface area contributed by atoms with Crippen molar-refractivity contribution < 1.29 is 8.42 Å². The Balaban J connectivity index is 2.17. The zero-order chi connectivity index (χ0) is 12.5. The predicted molar refractivity (Wildman–Crippen MR) is 68.6 cm³/mol. The molecule has 0 aliphatic heterocycles. The Labute approximate surface area is 103 Å². The molecule has 0 saturated heterocycles. The van der Waals surface area contributed by atoms with Gasteiger partial charge in [0.2, 0.25) is 0 Å². The zero-order valence-corrected chi connectivity index (χ0v) is 11.0. The van der Waals surface area contributed by atoms with Gasteiger partial charge in [0, 0.05) is 0 Å². The average Bonchev–Trinajstić information content (AvgIpc) is 2.98. The molecule has 4 heteroatoms. The fraction of sp³-hybridized carbons (Fsp3) is 0.538.